The van der Waals surface area contributed by atoms with Crippen molar-refractivity contribution in [2.75, 3.05) is 23.5 Å². The van der Waals surface area contributed by atoms with E-state index in [0.717, 1.165) is 0 Å². The zero-order chi connectivity index (χ0) is 5.33. The number of hydrogen-bond acceptors (Lipinski definition) is 0. The largest absolute Gasteiger partial charge is 0.244 e. The van der Waals surface area contributed by atoms with Gasteiger partial charge in [0.2, 0.25) is 0 Å². The summed E-state index contributed by atoms with van der Waals surface area (Å²) in [4.78, 5) is 0. The third-order valence-electron chi connectivity index (χ3n) is 1.97. The molecular formula is C6H14S. The summed E-state index contributed by atoms with van der Waals surface area (Å²) in [5.41, 5.74) is 0. The molecule has 0 atom stereocenters. The molecule has 0 nitrogen and oxygen atoms in total. The Bertz CT molecular complexity index is 59.1. The quantitative estimate of drug-likeness (QED) is 0.493. The molecule has 0 aliphatic carbocycles. The molecule has 1 rings (SSSR count). The lowest BCUT2D eigenvalue weighted by molar-refractivity contribution is 1.02. The Morgan fingerprint density at radius 2 is 2.00 bits per heavy atom. The maximum absolute atomic E-state index is 2.47. The fraction of sp³-hybridized carbons (Fsp3) is 1.00. The second kappa shape index (κ2) is 1.70. The van der Waals surface area contributed by atoms with Gasteiger partial charge in [0.1, 0.15) is 0 Å². The molecule has 7 heavy (non-hydrogen) atoms. The van der Waals surface area contributed by atoms with Gasteiger partial charge in [0.05, 0.1) is 0 Å². The molecule has 44 valence electrons. The summed E-state index contributed by atoms with van der Waals surface area (Å²) in [6.45, 7) is 2.33. The number of rotatable bonds is 1. The summed E-state index contributed by atoms with van der Waals surface area (Å²) in [5.74, 6) is 4.58. The van der Waals surface area contributed by atoms with Crippen molar-refractivity contribution in [3.63, 3.8) is 0 Å². The van der Waals surface area contributed by atoms with Crippen LogP contribution in [0.3, 0.4) is 0 Å². The number of hydrogen-bond donors (Lipinski definition) is 0. The van der Waals surface area contributed by atoms with Crippen LogP contribution in [0.4, 0.5) is 0 Å². The minimum absolute atomic E-state index is 0.0231. The first-order chi connectivity index (χ1) is 3.27. The Labute approximate surface area is 47.6 Å². The van der Waals surface area contributed by atoms with Crippen LogP contribution >= 0.6 is 10.0 Å². The second-order valence-corrected chi connectivity index (χ2v) is 6.88. The summed E-state index contributed by atoms with van der Waals surface area (Å²) in [6, 6.07) is 0. The van der Waals surface area contributed by atoms with Crippen LogP contribution in [0.2, 0.25) is 0 Å². The van der Waals surface area contributed by atoms with Gasteiger partial charge in [-0.3, -0.25) is 0 Å². The third kappa shape index (κ3) is 0.933. The fourth-order valence-corrected chi connectivity index (χ4v) is 2.78. The predicted molar refractivity (Wildman–Crippen MR) is 38.4 cm³/mol. The Kier molecular flexibility index (Phi) is 1.33. The molecule has 1 heterocycles. The Morgan fingerprint density at radius 1 is 1.43 bits per heavy atom. The van der Waals surface area contributed by atoms with Gasteiger partial charge in [-0.1, -0.05) is 6.92 Å². The average Bonchev–Trinajstić information content (AvgIpc) is 1.61. The maximum atomic E-state index is 2.47. The van der Waals surface area contributed by atoms with Crippen molar-refractivity contribution in [3.05, 3.63) is 0 Å². The lowest BCUT2D eigenvalue weighted by Crippen LogP contribution is -2.21. The first-order valence-corrected chi connectivity index (χ1v) is 5.53. The van der Waals surface area contributed by atoms with Crippen molar-refractivity contribution in [1.29, 1.82) is 0 Å². The van der Waals surface area contributed by atoms with E-state index in [-0.39, 0.29) is 10.0 Å². The summed E-state index contributed by atoms with van der Waals surface area (Å²) in [5, 5.41) is 0. The van der Waals surface area contributed by atoms with Crippen LogP contribution in [0, 0.1) is 0 Å². The van der Waals surface area contributed by atoms with Crippen molar-refractivity contribution in [3.8, 4) is 0 Å². The molecule has 1 fully saturated rings. The molecule has 0 aromatic carbocycles. The standard InChI is InChI=1S/C6H14S/c1-3-7(2)5-4-6-7/h3-6H2,1-2H3. The smallest absolute Gasteiger partial charge is 0.0223 e. The molecule has 0 aromatic heterocycles. The predicted octanol–water partition coefficient (Wildman–Crippen LogP) is 1.84. The van der Waals surface area contributed by atoms with Crippen LogP contribution in [0.5, 0.6) is 0 Å². The van der Waals surface area contributed by atoms with Crippen LogP contribution in [0.1, 0.15) is 13.3 Å². The van der Waals surface area contributed by atoms with Gasteiger partial charge in [-0.25, -0.2) is 10.0 Å². The summed E-state index contributed by atoms with van der Waals surface area (Å²) in [7, 11) is 0.0231. The van der Waals surface area contributed by atoms with Gasteiger partial charge in [-0.15, -0.1) is 0 Å². The molecule has 0 amide bonds. The zero-order valence-electron chi connectivity index (χ0n) is 5.24. The highest BCUT2D eigenvalue weighted by molar-refractivity contribution is 8.34. The van der Waals surface area contributed by atoms with Gasteiger partial charge in [0, 0.05) is 0 Å². The van der Waals surface area contributed by atoms with E-state index >= 15 is 0 Å². The zero-order valence-corrected chi connectivity index (χ0v) is 6.05. The van der Waals surface area contributed by atoms with Crippen molar-refractivity contribution in [2.24, 2.45) is 0 Å². The molecule has 1 heteroatoms. The topological polar surface area (TPSA) is 0 Å². The van der Waals surface area contributed by atoms with E-state index in [1.54, 1.807) is 11.5 Å². The highest BCUT2D eigenvalue weighted by Crippen LogP contribution is 2.52. The lowest BCUT2D eigenvalue weighted by Gasteiger charge is -2.43. The van der Waals surface area contributed by atoms with Crippen molar-refractivity contribution >= 4 is 10.0 Å². The minimum atomic E-state index is 0.0231. The molecule has 1 aliphatic rings. The summed E-state index contributed by atoms with van der Waals surface area (Å²) >= 11 is 0. The molecule has 0 bridgehead atoms. The monoisotopic (exact) mass is 118 g/mol. The molecule has 0 unspecified atom stereocenters. The van der Waals surface area contributed by atoms with E-state index < -0.39 is 0 Å². The van der Waals surface area contributed by atoms with E-state index in [4.69, 9.17) is 0 Å². The average molecular weight is 118 g/mol. The van der Waals surface area contributed by atoms with E-state index in [9.17, 15) is 0 Å². The first-order valence-electron chi connectivity index (χ1n) is 2.98. The summed E-state index contributed by atoms with van der Waals surface area (Å²) in [6.07, 6.45) is 3.98. The Balaban J connectivity index is 2.29. The van der Waals surface area contributed by atoms with Gasteiger partial charge in [-0.2, -0.15) is 0 Å². The lowest BCUT2D eigenvalue weighted by atomic mass is 10.5. The molecule has 0 saturated carbocycles. The molecular weight excluding hydrogens is 104 g/mol. The van der Waals surface area contributed by atoms with Gasteiger partial charge < -0.3 is 0 Å². The minimum Gasteiger partial charge on any atom is -0.244 e. The molecule has 0 aromatic rings. The third-order valence-corrected chi connectivity index (χ3v) is 5.91. The second-order valence-electron chi connectivity index (χ2n) is 2.53. The van der Waals surface area contributed by atoms with Crippen LogP contribution in [0.15, 0.2) is 0 Å². The van der Waals surface area contributed by atoms with Crippen molar-refractivity contribution < 1.29 is 0 Å². The van der Waals surface area contributed by atoms with Crippen LogP contribution < -0.4 is 0 Å². The van der Waals surface area contributed by atoms with Crippen molar-refractivity contribution in [1.82, 2.24) is 0 Å². The van der Waals surface area contributed by atoms with Gasteiger partial charge >= 0.3 is 0 Å². The van der Waals surface area contributed by atoms with E-state index in [1.165, 1.54) is 12.2 Å². The molecule has 0 spiro atoms. The molecule has 0 radical (unpaired) electrons. The van der Waals surface area contributed by atoms with E-state index in [1.807, 2.05) is 0 Å². The van der Waals surface area contributed by atoms with Gasteiger partial charge in [-0.05, 0) is 29.9 Å². The van der Waals surface area contributed by atoms with Crippen molar-refractivity contribution in [2.45, 2.75) is 13.3 Å². The Morgan fingerprint density at radius 3 is 2.00 bits per heavy atom. The Hall–Kier alpha value is 0.350. The van der Waals surface area contributed by atoms with Gasteiger partial charge in [0.25, 0.3) is 0 Å². The van der Waals surface area contributed by atoms with E-state index in [0.29, 0.717) is 0 Å². The van der Waals surface area contributed by atoms with Gasteiger partial charge in [0.15, 0.2) is 0 Å². The molecule has 1 aliphatic heterocycles. The molecule has 0 N–H and O–H groups in total. The first kappa shape index (κ1) is 5.49. The van der Waals surface area contributed by atoms with Crippen LogP contribution in [-0.2, 0) is 0 Å². The van der Waals surface area contributed by atoms with E-state index in [2.05, 4.69) is 13.2 Å². The SMILES string of the molecule is CCS1(C)CCC1. The summed E-state index contributed by atoms with van der Waals surface area (Å²) < 4.78 is 0. The highest BCUT2D eigenvalue weighted by Gasteiger charge is 2.23. The van der Waals surface area contributed by atoms with Crippen LogP contribution in [0.25, 0.3) is 0 Å². The molecule has 1 saturated heterocycles. The van der Waals surface area contributed by atoms with Crippen LogP contribution in [-0.4, -0.2) is 23.5 Å². The highest BCUT2D eigenvalue weighted by atomic mass is 32.3. The normalized spacial score (nSPS) is 31.1. The maximum Gasteiger partial charge on any atom is -0.0223 e. The fourth-order valence-electron chi connectivity index (χ4n) is 0.926.